The lowest BCUT2D eigenvalue weighted by Crippen LogP contribution is -2.36. The predicted octanol–water partition coefficient (Wildman–Crippen LogP) is 1.17. The maximum absolute atomic E-state index is 5.65. The molecule has 0 spiro atoms. The molecule has 11 heavy (non-hydrogen) atoms. The van der Waals surface area contributed by atoms with Crippen molar-refractivity contribution in [3.63, 3.8) is 0 Å². The van der Waals surface area contributed by atoms with E-state index in [9.17, 15) is 0 Å². The Bertz CT molecular complexity index is 115. The van der Waals surface area contributed by atoms with Gasteiger partial charge in [-0.2, -0.15) is 0 Å². The molecule has 0 aromatic heterocycles. The van der Waals surface area contributed by atoms with Crippen molar-refractivity contribution in [3.05, 3.63) is 0 Å². The number of nitrogens with one attached hydrogen (secondary N) is 1. The summed E-state index contributed by atoms with van der Waals surface area (Å²) in [5, 5.41) is 3.43. The van der Waals surface area contributed by atoms with Crippen LogP contribution in [0.15, 0.2) is 0 Å². The van der Waals surface area contributed by atoms with Crippen LogP contribution in [0.1, 0.15) is 25.7 Å². The monoisotopic (exact) mass is 155 g/mol. The van der Waals surface area contributed by atoms with Gasteiger partial charge in [0, 0.05) is 13.2 Å². The third-order valence-electron chi connectivity index (χ3n) is 2.83. The molecule has 0 amide bonds. The number of rotatable bonds is 1. The highest BCUT2D eigenvalue weighted by Gasteiger charge is 2.26. The fourth-order valence-corrected chi connectivity index (χ4v) is 2.17. The third kappa shape index (κ3) is 1.74. The fourth-order valence-electron chi connectivity index (χ4n) is 2.17. The lowest BCUT2D eigenvalue weighted by atomic mass is 9.92. The Hall–Kier alpha value is -0.0800. The highest BCUT2D eigenvalue weighted by atomic mass is 16.5. The molecule has 0 aromatic carbocycles. The number of hydrogen-bond donors (Lipinski definition) is 1. The van der Waals surface area contributed by atoms with Crippen LogP contribution in [0.2, 0.25) is 0 Å². The Labute approximate surface area is 68.3 Å². The quantitative estimate of drug-likeness (QED) is 0.613. The number of ether oxygens (including phenoxy) is 1. The summed E-state index contributed by atoms with van der Waals surface area (Å²) in [5.41, 5.74) is 0. The van der Waals surface area contributed by atoms with Gasteiger partial charge in [-0.1, -0.05) is 0 Å². The van der Waals surface area contributed by atoms with Gasteiger partial charge in [-0.05, 0) is 38.1 Å². The second-order valence-electron chi connectivity index (χ2n) is 3.66. The molecule has 0 saturated carbocycles. The normalized spacial score (nSPS) is 39.3. The van der Waals surface area contributed by atoms with Crippen molar-refractivity contribution < 1.29 is 4.74 Å². The van der Waals surface area contributed by atoms with E-state index in [-0.39, 0.29) is 0 Å². The molecule has 2 heterocycles. The molecule has 1 N–H and O–H groups in total. The van der Waals surface area contributed by atoms with Crippen LogP contribution in [-0.2, 0) is 4.74 Å². The highest BCUT2D eigenvalue weighted by Crippen LogP contribution is 2.24. The Morgan fingerprint density at radius 1 is 1.18 bits per heavy atom. The van der Waals surface area contributed by atoms with Gasteiger partial charge < -0.3 is 10.1 Å². The van der Waals surface area contributed by atoms with E-state index in [0.29, 0.717) is 6.10 Å². The van der Waals surface area contributed by atoms with Crippen molar-refractivity contribution in [3.8, 4) is 0 Å². The van der Waals surface area contributed by atoms with Crippen LogP contribution in [0.5, 0.6) is 0 Å². The van der Waals surface area contributed by atoms with Crippen LogP contribution in [0.4, 0.5) is 0 Å². The summed E-state index contributed by atoms with van der Waals surface area (Å²) in [5.74, 6) is 0.811. The maximum atomic E-state index is 5.65. The smallest absolute Gasteiger partial charge is 0.0616 e. The average molecular weight is 155 g/mol. The van der Waals surface area contributed by atoms with E-state index in [2.05, 4.69) is 5.32 Å². The molecule has 2 fully saturated rings. The molecule has 2 aliphatic heterocycles. The predicted molar refractivity (Wildman–Crippen MR) is 44.6 cm³/mol. The summed E-state index contributed by atoms with van der Waals surface area (Å²) < 4.78 is 5.65. The second kappa shape index (κ2) is 3.55. The molecule has 2 unspecified atom stereocenters. The lowest BCUT2D eigenvalue weighted by molar-refractivity contribution is 0.0530. The largest absolute Gasteiger partial charge is 0.378 e. The molecule has 0 radical (unpaired) electrons. The van der Waals surface area contributed by atoms with Crippen LogP contribution in [0.3, 0.4) is 0 Å². The van der Waals surface area contributed by atoms with Crippen molar-refractivity contribution in [1.29, 1.82) is 0 Å². The molecule has 2 atom stereocenters. The molecular weight excluding hydrogens is 138 g/mol. The van der Waals surface area contributed by atoms with E-state index >= 15 is 0 Å². The summed E-state index contributed by atoms with van der Waals surface area (Å²) in [6, 6.07) is 0. The van der Waals surface area contributed by atoms with Gasteiger partial charge in [0.25, 0.3) is 0 Å². The first-order valence-electron chi connectivity index (χ1n) is 4.79. The van der Waals surface area contributed by atoms with Gasteiger partial charge in [-0.15, -0.1) is 0 Å². The summed E-state index contributed by atoms with van der Waals surface area (Å²) in [6.07, 6.45) is 5.87. The Balaban J connectivity index is 1.82. The van der Waals surface area contributed by atoms with Crippen molar-refractivity contribution in [1.82, 2.24) is 5.32 Å². The van der Waals surface area contributed by atoms with E-state index in [1.165, 1.54) is 38.8 Å². The van der Waals surface area contributed by atoms with Gasteiger partial charge in [0.05, 0.1) is 6.10 Å². The molecular formula is C9H17NO. The topological polar surface area (TPSA) is 21.3 Å². The van der Waals surface area contributed by atoms with Gasteiger partial charge >= 0.3 is 0 Å². The van der Waals surface area contributed by atoms with Gasteiger partial charge in [-0.25, -0.2) is 0 Å². The van der Waals surface area contributed by atoms with E-state index < -0.39 is 0 Å². The van der Waals surface area contributed by atoms with E-state index in [4.69, 9.17) is 4.74 Å². The molecule has 2 rings (SSSR count). The Morgan fingerprint density at radius 3 is 2.82 bits per heavy atom. The molecule has 0 aromatic rings. The van der Waals surface area contributed by atoms with E-state index in [0.717, 1.165) is 12.5 Å². The zero-order valence-electron chi connectivity index (χ0n) is 7.01. The fraction of sp³-hybridized carbons (Fsp3) is 1.00. The second-order valence-corrected chi connectivity index (χ2v) is 3.66. The molecule has 0 aliphatic carbocycles. The SMILES string of the molecule is C1CNCC(C2CCCO2)C1. The maximum Gasteiger partial charge on any atom is 0.0616 e. The van der Waals surface area contributed by atoms with Gasteiger partial charge in [0.15, 0.2) is 0 Å². The van der Waals surface area contributed by atoms with Crippen LogP contribution in [-0.4, -0.2) is 25.8 Å². The van der Waals surface area contributed by atoms with E-state index in [1.54, 1.807) is 0 Å². The van der Waals surface area contributed by atoms with E-state index in [1.807, 2.05) is 0 Å². The van der Waals surface area contributed by atoms with Crippen LogP contribution < -0.4 is 5.32 Å². The van der Waals surface area contributed by atoms with Crippen molar-refractivity contribution in [2.24, 2.45) is 5.92 Å². The molecule has 2 nitrogen and oxygen atoms in total. The van der Waals surface area contributed by atoms with Crippen molar-refractivity contribution >= 4 is 0 Å². The molecule has 2 heteroatoms. The summed E-state index contributed by atoms with van der Waals surface area (Å²) in [7, 11) is 0. The summed E-state index contributed by atoms with van der Waals surface area (Å²) in [6.45, 7) is 3.40. The zero-order valence-corrected chi connectivity index (χ0v) is 7.01. The summed E-state index contributed by atoms with van der Waals surface area (Å²) >= 11 is 0. The Morgan fingerprint density at radius 2 is 2.18 bits per heavy atom. The minimum absolute atomic E-state index is 0.586. The highest BCUT2D eigenvalue weighted by molar-refractivity contribution is 4.79. The first-order chi connectivity index (χ1) is 5.47. The van der Waals surface area contributed by atoms with Crippen molar-refractivity contribution in [2.45, 2.75) is 31.8 Å². The van der Waals surface area contributed by atoms with Crippen LogP contribution in [0, 0.1) is 5.92 Å². The Kier molecular flexibility index (Phi) is 2.44. The first kappa shape index (κ1) is 7.56. The first-order valence-corrected chi connectivity index (χ1v) is 4.79. The zero-order chi connectivity index (χ0) is 7.52. The molecule has 2 saturated heterocycles. The van der Waals surface area contributed by atoms with Crippen molar-refractivity contribution in [2.75, 3.05) is 19.7 Å². The van der Waals surface area contributed by atoms with Gasteiger partial charge in [-0.3, -0.25) is 0 Å². The average Bonchev–Trinajstić information content (AvgIpc) is 2.58. The van der Waals surface area contributed by atoms with Crippen LogP contribution >= 0.6 is 0 Å². The minimum atomic E-state index is 0.586. The minimum Gasteiger partial charge on any atom is -0.378 e. The lowest BCUT2D eigenvalue weighted by Gasteiger charge is -2.27. The number of piperidine rings is 1. The third-order valence-corrected chi connectivity index (χ3v) is 2.83. The molecule has 2 aliphatic rings. The summed E-state index contributed by atoms with van der Waals surface area (Å²) in [4.78, 5) is 0. The van der Waals surface area contributed by atoms with Gasteiger partial charge in [0.1, 0.15) is 0 Å². The number of hydrogen-bond acceptors (Lipinski definition) is 2. The molecule has 64 valence electrons. The van der Waals surface area contributed by atoms with Crippen LogP contribution in [0.25, 0.3) is 0 Å². The van der Waals surface area contributed by atoms with Gasteiger partial charge in [0.2, 0.25) is 0 Å². The standard InChI is InChI=1S/C9H17NO/c1-3-8(7-10-5-1)9-4-2-6-11-9/h8-10H,1-7H2. The molecule has 0 bridgehead atoms.